The molecule has 3 rings (SSSR count). The van der Waals surface area contributed by atoms with Crippen molar-refractivity contribution < 1.29 is 4.79 Å². The highest BCUT2D eigenvalue weighted by atomic mass is 79.9. The van der Waals surface area contributed by atoms with Gasteiger partial charge in [-0.05, 0) is 46.3 Å². The number of hydrogen-bond donors (Lipinski definition) is 1. The fraction of sp³-hybridized carbons (Fsp3) is 0.133. The highest BCUT2D eigenvalue weighted by Gasteiger charge is 2.13. The van der Waals surface area contributed by atoms with Crippen molar-refractivity contribution in [1.29, 1.82) is 0 Å². The lowest BCUT2D eigenvalue weighted by atomic mass is 10.1. The van der Waals surface area contributed by atoms with Gasteiger partial charge in [-0.1, -0.05) is 0 Å². The molecule has 3 aromatic rings. The van der Waals surface area contributed by atoms with Crippen LogP contribution in [-0.2, 0) is 6.54 Å². The van der Waals surface area contributed by atoms with E-state index in [1.54, 1.807) is 16.2 Å². The van der Waals surface area contributed by atoms with Crippen molar-refractivity contribution in [3.8, 4) is 0 Å². The predicted octanol–water partition coefficient (Wildman–Crippen LogP) is 4.26. The summed E-state index contributed by atoms with van der Waals surface area (Å²) in [5.74, 6) is 0.0395. The minimum Gasteiger partial charge on any atom is -0.361 e. The highest BCUT2D eigenvalue weighted by molar-refractivity contribution is 9.10. The predicted molar refractivity (Wildman–Crippen MR) is 86.1 cm³/mol. The Morgan fingerprint density at radius 3 is 2.95 bits per heavy atom. The topological polar surface area (TPSA) is 36.1 Å². The quantitative estimate of drug-likeness (QED) is 0.753. The van der Waals surface area contributed by atoms with Gasteiger partial charge in [0.25, 0.3) is 5.91 Å². The van der Waals surface area contributed by atoms with Crippen LogP contribution < -0.4 is 0 Å². The summed E-state index contributed by atoms with van der Waals surface area (Å²) in [5.41, 5.74) is 1.77. The summed E-state index contributed by atoms with van der Waals surface area (Å²) in [5, 5.41) is 3.09. The minimum absolute atomic E-state index is 0.0395. The molecule has 2 aromatic heterocycles. The first-order valence-corrected chi connectivity index (χ1v) is 7.86. The zero-order valence-corrected chi connectivity index (χ0v) is 13.3. The number of thiophene rings is 1. The van der Waals surface area contributed by atoms with E-state index < -0.39 is 0 Å². The normalized spacial score (nSPS) is 10.9. The van der Waals surface area contributed by atoms with Crippen molar-refractivity contribution in [3.05, 3.63) is 56.8 Å². The van der Waals surface area contributed by atoms with E-state index in [0.29, 0.717) is 6.54 Å². The maximum atomic E-state index is 12.4. The molecule has 0 atom stereocenters. The molecule has 0 bridgehead atoms. The second-order valence-electron chi connectivity index (χ2n) is 4.67. The van der Waals surface area contributed by atoms with Gasteiger partial charge in [0, 0.05) is 44.4 Å². The second kappa shape index (κ2) is 5.42. The smallest absolute Gasteiger partial charge is 0.253 e. The minimum atomic E-state index is 0.0395. The van der Waals surface area contributed by atoms with Gasteiger partial charge in [-0.25, -0.2) is 0 Å². The van der Waals surface area contributed by atoms with Gasteiger partial charge in [-0.15, -0.1) is 11.3 Å². The van der Waals surface area contributed by atoms with Crippen molar-refractivity contribution in [2.24, 2.45) is 0 Å². The van der Waals surface area contributed by atoms with E-state index >= 15 is 0 Å². The average Bonchev–Trinajstić information content (AvgIpc) is 3.05. The number of fused-ring (bicyclic) bond motifs is 1. The first-order chi connectivity index (χ1) is 9.63. The first kappa shape index (κ1) is 13.4. The van der Waals surface area contributed by atoms with E-state index in [1.807, 2.05) is 49.0 Å². The summed E-state index contributed by atoms with van der Waals surface area (Å²) in [6, 6.07) is 9.75. The maximum Gasteiger partial charge on any atom is 0.253 e. The van der Waals surface area contributed by atoms with Crippen LogP contribution in [0.2, 0.25) is 0 Å². The Bertz CT molecular complexity index is 762. The largest absolute Gasteiger partial charge is 0.361 e. The Kier molecular flexibility index (Phi) is 3.63. The number of nitrogens with one attached hydrogen (secondary N) is 1. The van der Waals surface area contributed by atoms with Crippen molar-refractivity contribution in [3.63, 3.8) is 0 Å². The zero-order chi connectivity index (χ0) is 14.1. The average molecular weight is 349 g/mol. The monoisotopic (exact) mass is 348 g/mol. The number of halogens is 1. The van der Waals surface area contributed by atoms with Crippen LogP contribution >= 0.6 is 27.3 Å². The van der Waals surface area contributed by atoms with Crippen LogP contribution in [0, 0.1) is 0 Å². The third-order valence-corrected chi connectivity index (χ3v) is 4.84. The molecule has 102 valence electrons. The molecule has 1 amide bonds. The molecule has 0 radical (unpaired) electrons. The van der Waals surface area contributed by atoms with E-state index in [9.17, 15) is 4.79 Å². The van der Waals surface area contributed by atoms with Gasteiger partial charge in [0.1, 0.15) is 0 Å². The van der Waals surface area contributed by atoms with E-state index in [1.165, 1.54) is 0 Å². The zero-order valence-electron chi connectivity index (χ0n) is 10.9. The van der Waals surface area contributed by atoms with Gasteiger partial charge >= 0.3 is 0 Å². The lowest BCUT2D eigenvalue weighted by molar-refractivity contribution is 0.0786. The number of hydrogen-bond acceptors (Lipinski definition) is 2. The standard InChI is InChI=1S/C15H13BrN2OS/c1-18(8-13-7-12(16)9-20-13)15(19)11-2-3-14-10(6-11)4-5-17-14/h2-7,9,17H,8H2,1H3. The molecule has 0 saturated carbocycles. The lowest BCUT2D eigenvalue weighted by Crippen LogP contribution is -2.25. The van der Waals surface area contributed by atoms with Crippen LogP contribution in [0.15, 0.2) is 46.4 Å². The van der Waals surface area contributed by atoms with Crippen LogP contribution in [0.5, 0.6) is 0 Å². The lowest BCUT2D eigenvalue weighted by Gasteiger charge is -2.16. The van der Waals surface area contributed by atoms with Crippen LogP contribution in [0.3, 0.4) is 0 Å². The summed E-state index contributed by atoms with van der Waals surface area (Å²) < 4.78 is 1.06. The Hall–Kier alpha value is -1.59. The molecule has 0 aliphatic heterocycles. The first-order valence-electron chi connectivity index (χ1n) is 6.19. The van der Waals surface area contributed by atoms with Crippen LogP contribution in [0.4, 0.5) is 0 Å². The van der Waals surface area contributed by atoms with Crippen molar-refractivity contribution in [2.75, 3.05) is 7.05 Å². The van der Waals surface area contributed by atoms with E-state index in [0.717, 1.165) is 25.8 Å². The fourth-order valence-corrected chi connectivity index (χ4v) is 3.65. The SMILES string of the molecule is CN(Cc1cc(Br)cs1)C(=O)c1ccc2[nH]ccc2c1. The number of H-pyrrole nitrogens is 1. The van der Waals surface area contributed by atoms with Gasteiger partial charge in [0.05, 0.1) is 6.54 Å². The second-order valence-corrected chi connectivity index (χ2v) is 6.58. The summed E-state index contributed by atoms with van der Waals surface area (Å²) in [6.07, 6.45) is 1.88. The molecular formula is C15H13BrN2OS. The van der Waals surface area contributed by atoms with Gasteiger partial charge in [0.15, 0.2) is 0 Å². The molecule has 0 fully saturated rings. The van der Waals surface area contributed by atoms with Gasteiger partial charge < -0.3 is 9.88 Å². The van der Waals surface area contributed by atoms with E-state index in [2.05, 4.69) is 20.9 Å². The Morgan fingerprint density at radius 2 is 2.20 bits per heavy atom. The molecule has 3 nitrogen and oxygen atoms in total. The number of amides is 1. The van der Waals surface area contributed by atoms with Gasteiger partial charge in [0.2, 0.25) is 0 Å². The number of aromatic nitrogens is 1. The molecule has 0 aliphatic carbocycles. The van der Waals surface area contributed by atoms with Crippen molar-refractivity contribution in [1.82, 2.24) is 9.88 Å². The molecule has 1 N–H and O–H groups in total. The van der Waals surface area contributed by atoms with E-state index in [4.69, 9.17) is 0 Å². The number of nitrogens with zero attached hydrogens (tertiary/aromatic N) is 1. The molecule has 0 aliphatic rings. The van der Waals surface area contributed by atoms with Crippen molar-refractivity contribution >= 4 is 44.1 Å². The number of rotatable bonds is 3. The number of aromatic amines is 1. The van der Waals surface area contributed by atoms with Crippen LogP contribution in [0.25, 0.3) is 10.9 Å². The van der Waals surface area contributed by atoms with E-state index in [-0.39, 0.29) is 5.91 Å². The molecule has 1 aromatic carbocycles. The van der Waals surface area contributed by atoms with Crippen LogP contribution in [-0.4, -0.2) is 22.8 Å². The fourth-order valence-electron chi connectivity index (χ4n) is 2.15. The molecule has 0 spiro atoms. The highest BCUT2D eigenvalue weighted by Crippen LogP contribution is 2.22. The molecule has 5 heteroatoms. The summed E-state index contributed by atoms with van der Waals surface area (Å²) in [6.45, 7) is 0.625. The maximum absolute atomic E-state index is 12.4. The molecule has 2 heterocycles. The van der Waals surface area contributed by atoms with Gasteiger partial charge in [-0.2, -0.15) is 0 Å². The Balaban J connectivity index is 1.80. The Labute approximate surface area is 129 Å². The molecular weight excluding hydrogens is 336 g/mol. The van der Waals surface area contributed by atoms with Crippen LogP contribution in [0.1, 0.15) is 15.2 Å². The third-order valence-electron chi connectivity index (χ3n) is 3.16. The number of benzene rings is 1. The molecule has 20 heavy (non-hydrogen) atoms. The summed E-state index contributed by atoms with van der Waals surface area (Å²) >= 11 is 5.08. The van der Waals surface area contributed by atoms with Gasteiger partial charge in [-0.3, -0.25) is 4.79 Å². The summed E-state index contributed by atoms with van der Waals surface area (Å²) in [7, 11) is 1.83. The number of carbonyl (C=O) groups is 1. The third kappa shape index (κ3) is 2.64. The van der Waals surface area contributed by atoms with Crippen molar-refractivity contribution in [2.45, 2.75) is 6.54 Å². The number of carbonyl (C=O) groups excluding carboxylic acids is 1. The Morgan fingerprint density at radius 1 is 1.35 bits per heavy atom. The molecule has 0 unspecified atom stereocenters. The summed E-state index contributed by atoms with van der Waals surface area (Å²) in [4.78, 5) is 18.5. The molecule has 0 saturated heterocycles.